The van der Waals surface area contributed by atoms with E-state index in [0.717, 1.165) is 22.4 Å². The van der Waals surface area contributed by atoms with Crippen molar-refractivity contribution in [3.05, 3.63) is 28.6 Å². The lowest BCUT2D eigenvalue weighted by molar-refractivity contribution is 0.416. The number of halogens is 1. The summed E-state index contributed by atoms with van der Waals surface area (Å²) in [6, 6.07) is 2.02. The van der Waals surface area contributed by atoms with Crippen LogP contribution in [0.15, 0.2) is 23.1 Å². The molecular weight excluding hydrogens is 244 g/mol. The van der Waals surface area contributed by atoms with E-state index in [4.69, 9.17) is 4.74 Å². The summed E-state index contributed by atoms with van der Waals surface area (Å²) in [4.78, 5) is 4.26. The second kappa shape index (κ2) is 3.61. The van der Waals surface area contributed by atoms with Crippen LogP contribution in [0.5, 0.6) is 5.75 Å². The molecule has 0 radical (unpaired) electrons. The molecule has 2 heterocycles. The Morgan fingerprint density at radius 2 is 2.36 bits per heavy atom. The molecule has 0 bridgehead atoms. The van der Waals surface area contributed by atoms with Crippen LogP contribution in [0.2, 0.25) is 0 Å². The zero-order valence-electron chi connectivity index (χ0n) is 8.12. The standard InChI is InChI=1S/C10H11BrN2O/c1-3-7-4-8(14-2)10-12-5-9(11)13(10)6-7/h4-6H,3H2,1-2H3. The lowest BCUT2D eigenvalue weighted by Gasteiger charge is -2.05. The number of aryl methyl sites for hydroxylation is 1. The molecule has 2 aromatic heterocycles. The highest BCUT2D eigenvalue weighted by Gasteiger charge is 2.07. The summed E-state index contributed by atoms with van der Waals surface area (Å²) in [6.45, 7) is 2.12. The van der Waals surface area contributed by atoms with Crippen LogP contribution in [-0.4, -0.2) is 16.5 Å². The Bertz CT molecular complexity index is 464. The van der Waals surface area contributed by atoms with Crippen LogP contribution in [0, 0.1) is 0 Å². The molecule has 0 aliphatic heterocycles. The third-order valence-corrected chi connectivity index (χ3v) is 2.80. The average molecular weight is 255 g/mol. The quantitative estimate of drug-likeness (QED) is 0.824. The number of pyridine rings is 1. The predicted molar refractivity (Wildman–Crippen MR) is 58.8 cm³/mol. The van der Waals surface area contributed by atoms with Crippen LogP contribution in [0.25, 0.3) is 5.65 Å². The molecule has 0 aliphatic carbocycles. The van der Waals surface area contributed by atoms with E-state index in [2.05, 4.69) is 34.0 Å². The molecular formula is C10H11BrN2O. The van der Waals surface area contributed by atoms with Crippen LogP contribution in [0.3, 0.4) is 0 Å². The molecule has 0 amide bonds. The highest BCUT2D eigenvalue weighted by Crippen LogP contribution is 2.24. The predicted octanol–water partition coefficient (Wildman–Crippen LogP) is 2.67. The van der Waals surface area contributed by atoms with Gasteiger partial charge in [-0.15, -0.1) is 0 Å². The second-order valence-corrected chi connectivity index (χ2v) is 3.86. The Morgan fingerprint density at radius 3 is 3.00 bits per heavy atom. The normalized spacial score (nSPS) is 10.8. The van der Waals surface area contributed by atoms with E-state index < -0.39 is 0 Å². The van der Waals surface area contributed by atoms with E-state index in [1.54, 1.807) is 13.3 Å². The molecule has 2 aromatic rings. The number of ether oxygens (including phenoxy) is 1. The van der Waals surface area contributed by atoms with E-state index in [9.17, 15) is 0 Å². The van der Waals surface area contributed by atoms with Crippen molar-refractivity contribution in [2.75, 3.05) is 7.11 Å². The summed E-state index contributed by atoms with van der Waals surface area (Å²) in [5.74, 6) is 0.815. The molecule has 2 rings (SSSR count). The highest BCUT2D eigenvalue weighted by atomic mass is 79.9. The first-order valence-electron chi connectivity index (χ1n) is 4.45. The third-order valence-electron chi connectivity index (χ3n) is 2.21. The van der Waals surface area contributed by atoms with Crippen LogP contribution in [0.4, 0.5) is 0 Å². The molecule has 0 N–H and O–H groups in total. The van der Waals surface area contributed by atoms with E-state index in [-0.39, 0.29) is 0 Å². The highest BCUT2D eigenvalue weighted by molar-refractivity contribution is 9.10. The number of nitrogens with zero attached hydrogens (tertiary/aromatic N) is 2. The number of fused-ring (bicyclic) bond motifs is 1. The number of imidazole rings is 1. The van der Waals surface area contributed by atoms with Crippen molar-refractivity contribution >= 4 is 21.6 Å². The molecule has 0 aliphatic rings. The molecule has 14 heavy (non-hydrogen) atoms. The molecule has 0 unspecified atom stereocenters. The summed E-state index contributed by atoms with van der Waals surface area (Å²) >= 11 is 3.44. The maximum atomic E-state index is 5.28. The molecule has 3 nitrogen and oxygen atoms in total. The first kappa shape index (κ1) is 9.52. The fraction of sp³-hybridized carbons (Fsp3) is 0.300. The zero-order valence-corrected chi connectivity index (χ0v) is 9.71. The number of rotatable bonds is 2. The first-order chi connectivity index (χ1) is 6.76. The van der Waals surface area contributed by atoms with E-state index in [1.165, 1.54) is 5.56 Å². The van der Waals surface area contributed by atoms with Crippen molar-refractivity contribution in [2.45, 2.75) is 13.3 Å². The average Bonchev–Trinajstić information content (AvgIpc) is 2.59. The van der Waals surface area contributed by atoms with Gasteiger partial charge in [-0.05, 0) is 34.0 Å². The molecule has 0 saturated heterocycles. The Labute approximate surface area is 90.8 Å². The lowest BCUT2D eigenvalue weighted by atomic mass is 10.2. The minimum atomic E-state index is 0.815. The fourth-order valence-electron chi connectivity index (χ4n) is 1.42. The Hall–Kier alpha value is -1.03. The summed E-state index contributed by atoms with van der Waals surface area (Å²) in [5.41, 5.74) is 2.07. The van der Waals surface area contributed by atoms with Crippen LogP contribution < -0.4 is 4.74 Å². The van der Waals surface area contributed by atoms with Gasteiger partial charge in [-0.2, -0.15) is 0 Å². The molecule has 0 aromatic carbocycles. The van der Waals surface area contributed by atoms with Crippen LogP contribution >= 0.6 is 15.9 Å². The minimum absolute atomic E-state index is 0.815. The Kier molecular flexibility index (Phi) is 2.46. The Balaban J connectivity index is 2.76. The molecule has 0 atom stereocenters. The molecule has 0 fully saturated rings. The van der Waals surface area contributed by atoms with Crippen molar-refractivity contribution in [2.24, 2.45) is 0 Å². The lowest BCUT2D eigenvalue weighted by Crippen LogP contribution is -1.94. The van der Waals surface area contributed by atoms with Gasteiger partial charge in [0.05, 0.1) is 13.3 Å². The summed E-state index contributed by atoms with van der Waals surface area (Å²) < 4.78 is 8.21. The van der Waals surface area contributed by atoms with Gasteiger partial charge in [0.1, 0.15) is 4.60 Å². The van der Waals surface area contributed by atoms with Gasteiger partial charge in [0.25, 0.3) is 0 Å². The van der Waals surface area contributed by atoms with Gasteiger partial charge >= 0.3 is 0 Å². The van der Waals surface area contributed by atoms with Crippen LogP contribution in [0.1, 0.15) is 12.5 Å². The van der Waals surface area contributed by atoms with Crippen molar-refractivity contribution in [3.8, 4) is 5.75 Å². The number of hydrogen-bond donors (Lipinski definition) is 0. The van der Waals surface area contributed by atoms with E-state index >= 15 is 0 Å². The molecule has 0 saturated carbocycles. The first-order valence-corrected chi connectivity index (χ1v) is 5.25. The molecule has 74 valence electrons. The minimum Gasteiger partial charge on any atom is -0.493 e. The van der Waals surface area contributed by atoms with Gasteiger partial charge in [0.15, 0.2) is 11.4 Å². The van der Waals surface area contributed by atoms with Gasteiger partial charge in [0.2, 0.25) is 0 Å². The number of aromatic nitrogens is 2. The number of hydrogen-bond acceptors (Lipinski definition) is 2. The topological polar surface area (TPSA) is 26.5 Å². The largest absolute Gasteiger partial charge is 0.493 e. The van der Waals surface area contributed by atoms with Crippen molar-refractivity contribution in [1.82, 2.24) is 9.38 Å². The summed E-state index contributed by atoms with van der Waals surface area (Å²) in [5, 5.41) is 0. The van der Waals surface area contributed by atoms with Crippen LogP contribution in [-0.2, 0) is 6.42 Å². The SMILES string of the molecule is CCc1cc(OC)c2ncc(Br)n2c1. The van der Waals surface area contributed by atoms with E-state index in [1.807, 2.05) is 10.5 Å². The van der Waals surface area contributed by atoms with Crippen molar-refractivity contribution in [3.63, 3.8) is 0 Å². The maximum Gasteiger partial charge on any atom is 0.180 e. The number of methoxy groups -OCH3 is 1. The van der Waals surface area contributed by atoms with Gasteiger partial charge in [-0.25, -0.2) is 4.98 Å². The molecule has 0 spiro atoms. The van der Waals surface area contributed by atoms with Crippen molar-refractivity contribution < 1.29 is 4.74 Å². The smallest absolute Gasteiger partial charge is 0.180 e. The third kappa shape index (κ3) is 1.39. The maximum absolute atomic E-state index is 5.28. The summed E-state index contributed by atoms with van der Waals surface area (Å²) in [7, 11) is 1.66. The van der Waals surface area contributed by atoms with Gasteiger partial charge in [0, 0.05) is 6.20 Å². The summed E-state index contributed by atoms with van der Waals surface area (Å²) in [6.07, 6.45) is 4.82. The monoisotopic (exact) mass is 254 g/mol. The Morgan fingerprint density at radius 1 is 1.57 bits per heavy atom. The molecule has 4 heteroatoms. The fourth-order valence-corrected chi connectivity index (χ4v) is 1.80. The van der Waals surface area contributed by atoms with Gasteiger partial charge < -0.3 is 4.74 Å². The zero-order chi connectivity index (χ0) is 10.1. The van der Waals surface area contributed by atoms with Gasteiger partial charge in [-0.3, -0.25) is 4.40 Å². The van der Waals surface area contributed by atoms with Crippen molar-refractivity contribution in [1.29, 1.82) is 0 Å². The van der Waals surface area contributed by atoms with Gasteiger partial charge in [-0.1, -0.05) is 6.92 Å². The second-order valence-electron chi connectivity index (χ2n) is 3.04. The van der Waals surface area contributed by atoms with E-state index in [0.29, 0.717) is 0 Å².